The summed E-state index contributed by atoms with van der Waals surface area (Å²) in [6.07, 6.45) is -0.507. The Balaban J connectivity index is 3.14. The number of benzene rings is 1. The summed E-state index contributed by atoms with van der Waals surface area (Å²) in [5.41, 5.74) is 6.62. The molecule has 0 fully saturated rings. The summed E-state index contributed by atoms with van der Waals surface area (Å²) in [7, 11) is 1.60. The maximum Gasteiger partial charge on any atom is 0.122 e. The summed E-state index contributed by atoms with van der Waals surface area (Å²) in [6.45, 7) is 4.28. The first-order valence-corrected chi connectivity index (χ1v) is 6.10. The van der Waals surface area contributed by atoms with E-state index in [1.165, 1.54) is 0 Å². The fourth-order valence-electron chi connectivity index (χ4n) is 1.91. The first-order chi connectivity index (χ1) is 8.01. The highest BCUT2D eigenvalue weighted by atomic mass is 35.5. The van der Waals surface area contributed by atoms with Crippen LogP contribution in [0.1, 0.15) is 25.3 Å². The van der Waals surface area contributed by atoms with Gasteiger partial charge in [0.05, 0.1) is 13.2 Å². The first-order valence-electron chi connectivity index (χ1n) is 5.72. The lowest BCUT2D eigenvalue weighted by atomic mass is 9.87. The molecule has 4 heteroatoms. The molecule has 0 aliphatic carbocycles. The molecule has 0 aliphatic rings. The molecule has 17 heavy (non-hydrogen) atoms. The predicted molar refractivity (Wildman–Crippen MR) is 70.6 cm³/mol. The van der Waals surface area contributed by atoms with Crippen LogP contribution in [0.4, 0.5) is 0 Å². The van der Waals surface area contributed by atoms with Gasteiger partial charge in [-0.1, -0.05) is 25.4 Å². The average molecular weight is 258 g/mol. The number of aliphatic hydroxyl groups excluding tert-OH is 1. The van der Waals surface area contributed by atoms with Crippen molar-refractivity contribution < 1.29 is 9.84 Å². The number of hydrogen-bond donors (Lipinski definition) is 2. The number of ether oxygens (including phenoxy) is 1. The molecule has 0 radical (unpaired) electrons. The minimum absolute atomic E-state index is 0.132. The van der Waals surface area contributed by atoms with Crippen LogP contribution >= 0.6 is 11.6 Å². The third kappa shape index (κ3) is 3.35. The molecule has 2 atom stereocenters. The van der Waals surface area contributed by atoms with Crippen LogP contribution in [0.25, 0.3) is 0 Å². The van der Waals surface area contributed by atoms with Crippen LogP contribution in [-0.2, 0) is 0 Å². The zero-order valence-electron chi connectivity index (χ0n) is 10.5. The van der Waals surface area contributed by atoms with E-state index in [0.717, 1.165) is 5.56 Å². The highest BCUT2D eigenvalue weighted by molar-refractivity contribution is 6.30. The van der Waals surface area contributed by atoms with E-state index < -0.39 is 6.10 Å². The molecule has 3 N–H and O–H groups in total. The summed E-state index contributed by atoms with van der Waals surface area (Å²) >= 11 is 5.98. The summed E-state index contributed by atoms with van der Waals surface area (Å²) in [4.78, 5) is 0. The van der Waals surface area contributed by atoms with E-state index in [1.807, 2.05) is 19.9 Å². The second-order valence-electron chi connectivity index (χ2n) is 4.46. The van der Waals surface area contributed by atoms with Crippen molar-refractivity contribution in [1.29, 1.82) is 0 Å². The third-order valence-electron chi connectivity index (χ3n) is 2.94. The predicted octanol–water partition coefficient (Wildman–Crippen LogP) is 2.41. The first kappa shape index (κ1) is 14.3. The number of nitrogens with two attached hydrogens (primary N) is 1. The van der Waals surface area contributed by atoms with Crippen molar-refractivity contribution in [2.75, 3.05) is 13.7 Å². The van der Waals surface area contributed by atoms with E-state index in [0.29, 0.717) is 17.3 Å². The highest BCUT2D eigenvalue weighted by Crippen LogP contribution is 2.33. The Kier molecular flexibility index (Phi) is 5.25. The number of methoxy groups -OCH3 is 1. The van der Waals surface area contributed by atoms with Gasteiger partial charge in [-0.2, -0.15) is 0 Å². The van der Waals surface area contributed by atoms with Crippen molar-refractivity contribution in [2.24, 2.45) is 11.7 Å². The van der Waals surface area contributed by atoms with Gasteiger partial charge in [0.15, 0.2) is 0 Å². The minimum Gasteiger partial charge on any atom is -0.496 e. The van der Waals surface area contributed by atoms with Gasteiger partial charge >= 0.3 is 0 Å². The highest BCUT2D eigenvalue weighted by Gasteiger charge is 2.25. The molecule has 0 saturated heterocycles. The molecule has 0 bridgehead atoms. The second-order valence-corrected chi connectivity index (χ2v) is 4.90. The van der Waals surface area contributed by atoms with Gasteiger partial charge in [-0.15, -0.1) is 0 Å². The maximum atomic E-state index is 10.2. The molecular formula is C13H20ClNO2. The Labute approximate surface area is 108 Å². The van der Waals surface area contributed by atoms with Crippen LogP contribution in [0.15, 0.2) is 18.2 Å². The van der Waals surface area contributed by atoms with Gasteiger partial charge in [-0.25, -0.2) is 0 Å². The van der Waals surface area contributed by atoms with E-state index in [4.69, 9.17) is 22.1 Å². The van der Waals surface area contributed by atoms with E-state index in [2.05, 4.69) is 0 Å². The third-order valence-corrected chi connectivity index (χ3v) is 3.18. The number of aliphatic hydroxyl groups is 1. The monoisotopic (exact) mass is 257 g/mol. The molecular weight excluding hydrogens is 238 g/mol. The van der Waals surface area contributed by atoms with E-state index in [-0.39, 0.29) is 11.8 Å². The normalized spacial score (nSPS) is 14.8. The van der Waals surface area contributed by atoms with E-state index in [9.17, 15) is 5.11 Å². The lowest BCUT2D eigenvalue weighted by Gasteiger charge is -2.26. The van der Waals surface area contributed by atoms with Gasteiger partial charge in [0, 0.05) is 23.0 Å². The molecule has 1 aromatic carbocycles. The Hall–Kier alpha value is -0.770. The zero-order valence-corrected chi connectivity index (χ0v) is 11.2. The Bertz CT molecular complexity index is 368. The Morgan fingerprint density at radius 1 is 1.41 bits per heavy atom. The molecule has 1 rings (SSSR count). The van der Waals surface area contributed by atoms with Crippen LogP contribution in [0.2, 0.25) is 5.02 Å². The standard InChI is InChI=1S/C13H20ClNO2/c1-8(2)13(16)11(7-15)10-6-9(14)4-5-12(10)17-3/h4-6,8,11,13,16H,7,15H2,1-3H3. The van der Waals surface area contributed by atoms with Gasteiger partial charge < -0.3 is 15.6 Å². The molecule has 2 unspecified atom stereocenters. The van der Waals surface area contributed by atoms with E-state index in [1.54, 1.807) is 19.2 Å². The fourth-order valence-corrected chi connectivity index (χ4v) is 2.09. The van der Waals surface area contributed by atoms with E-state index >= 15 is 0 Å². The van der Waals surface area contributed by atoms with Crippen molar-refractivity contribution in [3.05, 3.63) is 28.8 Å². The fraction of sp³-hybridized carbons (Fsp3) is 0.538. The summed E-state index contributed by atoms with van der Waals surface area (Å²) in [5, 5.41) is 10.8. The molecule has 0 heterocycles. The lowest BCUT2D eigenvalue weighted by molar-refractivity contribution is 0.0975. The molecule has 0 aromatic heterocycles. The van der Waals surface area contributed by atoms with Crippen LogP contribution in [0.5, 0.6) is 5.75 Å². The summed E-state index contributed by atoms with van der Waals surface area (Å²) < 4.78 is 5.29. The van der Waals surface area contributed by atoms with Gasteiger partial charge in [0.1, 0.15) is 5.75 Å². The smallest absolute Gasteiger partial charge is 0.122 e. The summed E-state index contributed by atoms with van der Waals surface area (Å²) in [5.74, 6) is 0.681. The van der Waals surface area contributed by atoms with Crippen molar-refractivity contribution in [2.45, 2.75) is 25.9 Å². The minimum atomic E-state index is -0.507. The van der Waals surface area contributed by atoms with Crippen LogP contribution in [-0.4, -0.2) is 24.9 Å². The van der Waals surface area contributed by atoms with Gasteiger partial charge in [0.2, 0.25) is 0 Å². The number of halogens is 1. The van der Waals surface area contributed by atoms with Crippen LogP contribution in [0, 0.1) is 5.92 Å². The van der Waals surface area contributed by atoms with Gasteiger partial charge in [-0.3, -0.25) is 0 Å². The van der Waals surface area contributed by atoms with Crippen LogP contribution in [0.3, 0.4) is 0 Å². The second kappa shape index (κ2) is 6.24. The van der Waals surface area contributed by atoms with Crippen molar-refractivity contribution in [1.82, 2.24) is 0 Å². The number of hydrogen-bond acceptors (Lipinski definition) is 3. The van der Waals surface area contributed by atoms with Gasteiger partial charge in [-0.05, 0) is 24.1 Å². The molecule has 0 aliphatic heterocycles. The van der Waals surface area contributed by atoms with Crippen LogP contribution < -0.4 is 10.5 Å². The largest absolute Gasteiger partial charge is 0.496 e. The Morgan fingerprint density at radius 2 is 2.06 bits per heavy atom. The molecule has 0 amide bonds. The Morgan fingerprint density at radius 3 is 2.53 bits per heavy atom. The maximum absolute atomic E-state index is 10.2. The molecule has 0 saturated carbocycles. The topological polar surface area (TPSA) is 55.5 Å². The molecule has 3 nitrogen and oxygen atoms in total. The van der Waals surface area contributed by atoms with Crippen molar-refractivity contribution in [3.63, 3.8) is 0 Å². The van der Waals surface area contributed by atoms with Crippen molar-refractivity contribution in [3.8, 4) is 5.75 Å². The zero-order chi connectivity index (χ0) is 13.0. The molecule has 1 aromatic rings. The quantitative estimate of drug-likeness (QED) is 0.852. The number of rotatable bonds is 5. The summed E-state index contributed by atoms with van der Waals surface area (Å²) in [6, 6.07) is 5.37. The van der Waals surface area contributed by atoms with Gasteiger partial charge in [0.25, 0.3) is 0 Å². The lowest BCUT2D eigenvalue weighted by Crippen LogP contribution is -2.30. The SMILES string of the molecule is COc1ccc(Cl)cc1C(CN)C(O)C(C)C. The molecule has 0 spiro atoms. The average Bonchev–Trinajstić information content (AvgIpc) is 2.30. The molecule has 96 valence electrons. The van der Waals surface area contributed by atoms with Crippen molar-refractivity contribution >= 4 is 11.6 Å².